The summed E-state index contributed by atoms with van der Waals surface area (Å²) in [6, 6.07) is 13.5. The average molecular weight is 388 g/mol. The third-order valence-electron chi connectivity index (χ3n) is 4.27. The third kappa shape index (κ3) is 3.98. The molecule has 1 N–H and O–H groups in total. The number of halogens is 1. The number of ether oxygens (including phenoxy) is 1. The van der Waals surface area contributed by atoms with Gasteiger partial charge in [0.15, 0.2) is 5.13 Å². The van der Waals surface area contributed by atoms with Crippen LogP contribution in [0.2, 0.25) is 5.02 Å². The summed E-state index contributed by atoms with van der Waals surface area (Å²) in [5.74, 6) is -0.0835. The fourth-order valence-electron chi connectivity index (χ4n) is 2.94. The van der Waals surface area contributed by atoms with E-state index in [4.69, 9.17) is 16.3 Å². The Morgan fingerprint density at radius 1 is 1.19 bits per heavy atom. The van der Waals surface area contributed by atoms with E-state index in [0.29, 0.717) is 16.6 Å². The van der Waals surface area contributed by atoms with Crippen molar-refractivity contribution in [1.82, 2.24) is 4.98 Å². The number of anilines is 2. The summed E-state index contributed by atoms with van der Waals surface area (Å²) in [5.41, 5.74) is 2.99. The molecule has 1 saturated heterocycles. The third-order valence-corrected chi connectivity index (χ3v) is 5.46. The number of hydrogen-bond donors (Lipinski definition) is 1. The minimum atomic E-state index is -0.0835. The molecule has 2 heterocycles. The van der Waals surface area contributed by atoms with E-state index < -0.39 is 0 Å². The van der Waals surface area contributed by atoms with Gasteiger partial charge in [-0.05, 0) is 35.9 Å². The maximum Gasteiger partial charge on any atom is 0.230 e. The van der Waals surface area contributed by atoms with Gasteiger partial charge in [0.05, 0.1) is 29.9 Å². The second-order valence-corrected chi connectivity index (χ2v) is 7.59. The Hall–Kier alpha value is -2.15. The molecule has 1 fully saturated rings. The summed E-state index contributed by atoms with van der Waals surface area (Å²) >= 11 is 7.37. The molecular weight excluding hydrogens is 370 g/mol. The molecule has 0 saturated carbocycles. The van der Waals surface area contributed by atoms with Gasteiger partial charge in [-0.3, -0.25) is 4.79 Å². The molecule has 7 heteroatoms. The van der Waals surface area contributed by atoms with Crippen molar-refractivity contribution in [3.63, 3.8) is 0 Å². The van der Waals surface area contributed by atoms with Gasteiger partial charge in [0, 0.05) is 23.8 Å². The summed E-state index contributed by atoms with van der Waals surface area (Å²) in [6.07, 6.45) is 0.298. The standard InChI is InChI=1S/C19H18ClN3O2S/c20-14-3-1-13(2-4-14)11-18(24)22-19-21-16-6-5-15(12-17(16)26-19)23-7-9-25-10-8-23/h1-6,12H,7-11H2,(H,21,22,24). The monoisotopic (exact) mass is 387 g/mol. The zero-order valence-corrected chi connectivity index (χ0v) is 15.6. The molecule has 1 amide bonds. The molecule has 4 rings (SSSR count). The molecule has 2 aromatic carbocycles. The van der Waals surface area contributed by atoms with Crippen LogP contribution in [0.3, 0.4) is 0 Å². The van der Waals surface area contributed by atoms with Gasteiger partial charge >= 0.3 is 0 Å². The molecule has 0 radical (unpaired) electrons. The summed E-state index contributed by atoms with van der Waals surface area (Å²) in [6.45, 7) is 3.31. The van der Waals surface area contributed by atoms with E-state index in [0.717, 1.165) is 42.1 Å². The van der Waals surface area contributed by atoms with Gasteiger partial charge in [-0.25, -0.2) is 4.98 Å². The number of aromatic nitrogens is 1. The predicted octanol–water partition coefficient (Wildman–Crippen LogP) is 3.97. The predicted molar refractivity (Wildman–Crippen MR) is 106 cm³/mol. The van der Waals surface area contributed by atoms with Crippen LogP contribution in [0.15, 0.2) is 42.5 Å². The normalized spacial score (nSPS) is 14.6. The molecule has 1 aromatic heterocycles. The SMILES string of the molecule is O=C(Cc1ccc(Cl)cc1)Nc1nc2ccc(N3CCOCC3)cc2s1. The van der Waals surface area contributed by atoms with Gasteiger partial charge in [-0.2, -0.15) is 0 Å². The van der Waals surface area contributed by atoms with Gasteiger partial charge < -0.3 is 15.0 Å². The number of nitrogens with zero attached hydrogens (tertiary/aromatic N) is 2. The number of benzene rings is 2. The number of hydrogen-bond acceptors (Lipinski definition) is 5. The summed E-state index contributed by atoms with van der Waals surface area (Å²) < 4.78 is 6.47. The van der Waals surface area contributed by atoms with Crippen molar-refractivity contribution in [3.05, 3.63) is 53.1 Å². The molecule has 0 aliphatic carbocycles. The smallest absolute Gasteiger partial charge is 0.230 e. The van der Waals surface area contributed by atoms with E-state index in [9.17, 15) is 4.79 Å². The first-order chi connectivity index (χ1) is 12.7. The summed E-state index contributed by atoms with van der Waals surface area (Å²) in [4.78, 5) is 19.1. The minimum absolute atomic E-state index is 0.0835. The zero-order chi connectivity index (χ0) is 17.9. The number of amides is 1. The maximum atomic E-state index is 12.3. The molecule has 1 aliphatic rings. The van der Waals surface area contributed by atoms with Gasteiger partial charge in [0.25, 0.3) is 0 Å². The summed E-state index contributed by atoms with van der Waals surface area (Å²) in [7, 11) is 0. The van der Waals surface area contributed by atoms with Gasteiger partial charge in [0.2, 0.25) is 5.91 Å². The van der Waals surface area contributed by atoms with Crippen molar-refractivity contribution in [2.24, 2.45) is 0 Å². The summed E-state index contributed by atoms with van der Waals surface area (Å²) in [5, 5.41) is 4.18. The van der Waals surface area contributed by atoms with E-state index in [1.165, 1.54) is 17.0 Å². The van der Waals surface area contributed by atoms with Crippen LogP contribution in [-0.2, 0) is 16.0 Å². The molecule has 0 spiro atoms. The van der Waals surface area contributed by atoms with Gasteiger partial charge in [0.1, 0.15) is 0 Å². The molecule has 5 nitrogen and oxygen atoms in total. The van der Waals surface area contributed by atoms with Crippen LogP contribution in [0.5, 0.6) is 0 Å². The van der Waals surface area contributed by atoms with Crippen LogP contribution in [0.25, 0.3) is 10.2 Å². The van der Waals surface area contributed by atoms with Crippen molar-refractivity contribution >= 4 is 49.9 Å². The molecule has 1 aliphatic heterocycles. The zero-order valence-electron chi connectivity index (χ0n) is 14.1. The topological polar surface area (TPSA) is 54.5 Å². The Kier molecular flexibility index (Phi) is 5.06. The van der Waals surface area contributed by atoms with Crippen molar-refractivity contribution in [2.45, 2.75) is 6.42 Å². The van der Waals surface area contributed by atoms with Crippen molar-refractivity contribution in [1.29, 1.82) is 0 Å². The maximum absolute atomic E-state index is 12.3. The van der Waals surface area contributed by atoms with Crippen molar-refractivity contribution in [3.8, 4) is 0 Å². The average Bonchev–Trinajstić information content (AvgIpc) is 3.05. The Morgan fingerprint density at radius 2 is 1.96 bits per heavy atom. The first kappa shape index (κ1) is 17.3. The highest BCUT2D eigenvalue weighted by molar-refractivity contribution is 7.22. The van der Waals surface area contributed by atoms with Gasteiger partial charge in [-0.1, -0.05) is 35.1 Å². The molecule has 134 valence electrons. The van der Waals surface area contributed by atoms with E-state index in [-0.39, 0.29) is 5.91 Å². The molecule has 3 aromatic rings. The first-order valence-corrected chi connectivity index (χ1v) is 9.64. The lowest BCUT2D eigenvalue weighted by atomic mass is 10.1. The Bertz CT molecular complexity index is 920. The first-order valence-electron chi connectivity index (χ1n) is 8.45. The van der Waals surface area contributed by atoms with E-state index in [1.54, 1.807) is 12.1 Å². The molecule has 26 heavy (non-hydrogen) atoms. The number of nitrogens with one attached hydrogen (secondary N) is 1. The molecule has 0 unspecified atom stereocenters. The van der Waals surface area contributed by atoms with Crippen molar-refractivity contribution in [2.75, 3.05) is 36.5 Å². The second kappa shape index (κ2) is 7.61. The lowest BCUT2D eigenvalue weighted by Gasteiger charge is -2.28. The number of thiazole rings is 1. The van der Waals surface area contributed by atoms with Gasteiger partial charge in [-0.15, -0.1) is 0 Å². The molecular formula is C19H18ClN3O2S. The fraction of sp³-hybridized carbons (Fsp3) is 0.263. The van der Waals surface area contributed by atoms with E-state index >= 15 is 0 Å². The lowest BCUT2D eigenvalue weighted by molar-refractivity contribution is -0.115. The number of morpholine rings is 1. The lowest BCUT2D eigenvalue weighted by Crippen LogP contribution is -2.36. The number of rotatable bonds is 4. The van der Waals surface area contributed by atoms with Crippen LogP contribution >= 0.6 is 22.9 Å². The second-order valence-electron chi connectivity index (χ2n) is 6.12. The Morgan fingerprint density at radius 3 is 2.73 bits per heavy atom. The Balaban J connectivity index is 1.46. The number of carbonyl (C=O) groups is 1. The van der Waals surface area contributed by atoms with Crippen LogP contribution in [0.1, 0.15) is 5.56 Å². The Labute approximate surface area is 160 Å². The van der Waals surface area contributed by atoms with E-state index in [2.05, 4.69) is 27.3 Å². The van der Waals surface area contributed by atoms with Crippen molar-refractivity contribution < 1.29 is 9.53 Å². The van der Waals surface area contributed by atoms with Crippen LogP contribution in [0, 0.1) is 0 Å². The fourth-order valence-corrected chi connectivity index (χ4v) is 3.98. The van der Waals surface area contributed by atoms with E-state index in [1.807, 2.05) is 18.2 Å². The minimum Gasteiger partial charge on any atom is -0.378 e. The van der Waals surface area contributed by atoms with Crippen LogP contribution in [0.4, 0.5) is 10.8 Å². The molecule has 0 bridgehead atoms. The highest BCUT2D eigenvalue weighted by atomic mass is 35.5. The largest absolute Gasteiger partial charge is 0.378 e. The number of fused-ring (bicyclic) bond motifs is 1. The van der Waals surface area contributed by atoms with Crippen LogP contribution in [-0.4, -0.2) is 37.2 Å². The van der Waals surface area contributed by atoms with Crippen LogP contribution < -0.4 is 10.2 Å². The molecule has 0 atom stereocenters. The highest BCUT2D eigenvalue weighted by Gasteiger charge is 2.14. The number of carbonyl (C=O) groups excluding carboxylic acids is 1. The highest BCUT2D eigenvalue weighted by Crippen LogP contribution is 2.30. The quantitative estimate of drug-likeness (QED) is 0.736.